The molecule has 0 bridgehead atoms. The van der Waals surface area contributed by atoms with Crippen molar-refractivity contribution < 1.29 is 33.6 Å². The molecule has 0 aromatic heterocycles. The number of carboxylic acids is 1. The summed E-state index contributed by atoms with van der Waals surface area (Å²) in [6, 6.07) is 16.5. The van der Waals surface area contributed by atoms with Crippen LogP contribution in [-0.4, -0.2) is 44.5 Å². The van der Waals surface area contributed by atoms with E-state index in [2.05, 4.69) is 10.5 Å². The number of nitrogens with zero attached hydrogens (tertiary/aromatic N) is 1. The topological polar surface area (TPSA) is 116 Å². The fourth-order valence-corrected chi connectivity index (χ4v) is 3.01. The van der Waals surface area contributed by atoms with Crippen molar-refractivity contribution in [3.63, 3.8) is 0 Å². The lowest BCUT2D eigenvalue weighted by molar-refractivity contribution is 0.0696. The van der Waals surface area contributed by atoms with Crippen LogP contribution >= 0.6 is 0 Å². The van der Waals surface area contributed by atoms with Gasteiger partial charge >= 0.3 is 5.97 Å². The summed E-state index contributed by atoms with van der Waals surface area (Å²) in [5, 5.41) is 13.1. The van der Waals surface area contributed by atoms with Crippen molar-refractivity contribution in [1.29, 1.82) is 0 Å². The highest BCUT2D eigenvalue weighted by molar-refractivity contribution is 5.95. The lowest BCUT2D eigenvalue weighted by atomic mass is 10.1. The van der Waals surface area contributed by atoms with Crippen LogP contribution in [0.25, 0.3) is 0 Å². The number of hydrogen-bond acceptors (Lipinski definition) is 7. The first-order valence-electron chi connectivity index (χ1n) is 10.1. The first-order valence-corrected chi connectivity index (χ1v) is 10.1. The minimum Gasteiger partial charge on any atom is -0.497 e. The molecule has 3 aromatic rings. The molecule has 0 aliphatic rings. The molecule has 0 unspecified atom stereocenters. The van der Waals surface area contributed by atoms with Gasteiger partial charge in [-0.2, -0.15) is 5.10 Å². The highest BCUT2D eigenvalue weighted by atomic mass is 16.5. The lowest BCUT2D eigenvalue weighted by Gasteiger charge is -2.11. The van der Waals surface area contributed by atoms with E-state index < -0.39 is 11.9 Å². The van der Waals surface area contributed by atoms with Crippen molar-refractivity contribution in [2.24, 2.45) is 5.10 Å². The number of aromatic carboxylic acids is 1. The van der Waals surface area contributed by atoms with Gasteiger partial charge in [0.15, 0.2) is 11.5 Å². The standard InChI is InChI=1S/C25H24N2O7/c1-31-20-11-19(12-21(13-20)32-2)24(28)27-26-14-16-7-8-22(23(10-16)33-3)34-15-17-5-4-6-18(9-17)25(29)30/h4-14H,15H2,1-3H3,(H,27,28)(H,29,30). The summed E-state index contributed by atoms with van der Waals surface area (Å²) in [6.45, 7) is 0.172. The normalized spacial score (nSPS) is 10.6. The average molecular weight is 464 g/mol. The van der Waals surface area contributed by atoms with Crippen LogP contribution in [0.5, 0.6) is 23.0 Å². The zero-order valence-corrected chi connectivity index (χ0v) is 18.9. The van der Waals surface area contributed by atoms with Gasteiger partial charge in [-0.05, 0) is 53.6 Å². The molecule has 0 atom stereocenters. The van der Waals surface area contributed by atoms with Crippen molar-refractivity contribution in [2.45, 2.75) is 6.61 Å². The zero-order valence-electron chi connectivity index (χ0n) is 18.9. The Hall–Kier alpha value is -4.53. The van der Waals surface area contributed by atoms with Crippen molar-refractivity contribution in [1.82, 2.24) is 5.43 Å². The van der Waals surface area contributed by atoms with E-state index in [1.807, 2.05) is 0 Å². The number of carboxylic acid groups (broad SMARTS) is 1. The minimum absolute atomic E-state index is 0.172. The van der Waals surface area contributed by atoms with Crippen LogP contribution in [0.2, 0.25) is 0 Å². The third kappa shape index (κ3) is 6.26. The van der Waals surface area contributed by atoms with Gasteiger partial charge in [0, 0.05) is 11.6 Å². The fourth-order valence-electron chi connectivity index (χ4n) is 3.01. The predicted molar refractivity (Wildman–Crippen MR) is 125 cm³/mol. The smallest absolute Gasteiger partial charge is 0.335 e. The molecule has 0 heterocycles. The van der Waals surface area contributed by atoms with E-state index in [1.54, 1.807) is 54.6 Å². The fraction of sp³-hybridized carbons (Fsp3) is 0.160. The van der Waals surface area contributed by atoms with Gasteiger partial charge < -0.3 is 24.1 Å². The average Bonchev–Trinajstić information content (AvgIpc) is 2.87. The molecule has 1 amide bonds. The van der Waals surface area contributed by atoms with Crippen molar-refractivity contribution >= 4 is 18.1 Å². The Labute approximate surface area is 196 Å². The molecule has 9 nitrogen and oxygen atoms in total. The first kappa shape index (κ1) is 24.1. The largest absolute Gasteiger partial charge is 0.497 e. The third-order valence-corrected chi connectivity index (χ3v) is 4.75. The van der Waals surface area contributed by atoms with Crippen molar-refractivity contribution in [2.75, 3.05) is 21.3 Å². The summed E-state index contributed by atoms with van der Waals surface area (Å²) in [4.78, 5) is 23.5. The van der Waals surface area contributed by atoms with E-state index in [1.165, 1.54) is 33.6 Å². The SMILES string of the molecule is COc1cc(OC)cc(C(=O)NN=Cc2ccc(OCc3cccc(C(=O)O)c3)c(OC)c2)c1. The molecule has 34 heavy (non-hydrogen) atoms. The Bertz CT molecular complexity index is 1190. The van der Waals surface area contributed by atoms with Crippen LogP contribution in [0.15, 0.2) is 65.8 Å². The van der Waals surface area contributed by atoms with Gasteiger partial charge in [0.1, 0.15) is 18.1 Å². The number of rotatable bonds is 10. The monoisotopic (exact) mass is 464 g/mol. The minimum atomic E-state index is -0.999. The van der Waals surface area contributed by atoms with Gasteiger partial charge in [0.25, 0.3) is 5.91 Å². The molecule has 0 saturated heterocycles. The van der Waals surface area contributed by atoms with Gasteiger partial charge in [0.05, 0.1) is 33.1 Å². The number of ether oxygens (including phenoxy) is 4. The molecule has 0 aliphatic heterocycles. The van der Waals surface area contributed by atoms with Gasteiger partial charge in [-0.15, -0.1) is 0 Å². The molecule has 0 radical (unpaired) electrons. The van der Waals surface area contributed by atoms with Crippen LogP contribution in [0.3, 0.4) is 0 Å². The second-order valence-corrected chi connectivity index (χ2v) is 7.00. The first-order chi connectivity index (χ1) is 16.4. The lowest BCUT2D eigenvalue weighted by Crippen LogP contribution is -2.17. The van der Waals surface area contributed by atoms with Crippen LogP contribution < -0.4 is 24.4 Å². The van der Waals surface area contributed by atoms with Gasteiger partial charge in [-0.1, -0.05) is 12.1 Å². The Morgan fingerprint density at radius 3 is 2.26 bits per heavy atom. The maximum atomic E-state index is 12.4. The van der Waals surface area contributed by atoms with Crippen LogP contribution in [0, 0.1) is 0 Å². The molecule has 2 N–H and O–H groups in total. The summed E-state index contributed by atoms with van der Waals surface area (Å²) in [5.74, 6) is 0.492. The van der Waals surface area contributed by atoms with Gasteiger partial charge in [-0.25, -0.2) is 10.2 Å². The molecular weight excluding hydrogens is 440 g/mol. The van der Waals surface area contributed by atoms with E-state index in [9.17, 15) is 9.59 Å². The Morgan fingerprint density at radius 1 is 0.882 bits per heavy atom. The van der Waals surface area contributed by atoms with Gasteiger partial charge in [-0.3, -0.25) is 4.79 Å². The summed E-state index contributed by atoms with van der Waals surface area (Å²) in [6.07, 6.45) is 1.47. The van der Waals surface area contributed by atoms with Crippen LogP contribution in [-0.2, 0) is 6.61 Å². The predicted octanol–water partition coefficient (Wildman–Crippen LogP) is 3.75. The van der Waals surface area contributed by atoms with E-state index >= 15 is 0 Å². The molecular formula is C25H24N2O7. The number of carbonyl (C=O) groups is 2. The zero-order chi connectivity index (χ0) is 24.5. The second-order valence-electron chi connectivity index (χ2n) is 7.00. The van der Waals surface area contributed by atoms with Crippen LogP contribution in [0.4, 0.5) is 0 Å². The Balaban J connectivity index is 1.65. The maximum absolute atomic E-state index is 12.4. The van der Waals surface area contributed by atoms with Crippen molar-refractivity contribution in [3.05, 3.63) is 82.9 Å². The number of nitrogens with one attached hydrogen (secondary N) is 1. The molecule has 176 valence electrons. The summed E-state index contributed by atoms with van der Waals surface area (Å²) < 4.78 is 21.5. The highest BCUT2D eigenvalue weighted by Gasteiger charge is 2.10. The second kappa shape index (κ2) is 11.4. The molecule has 9 heteroatoms. The molecule has 3 rings (SSSR count). The summed E-state index contributed by atoms with van der Waals surface area (Å²) in [5.41, 5.74) is 4.37. The molecule has 0 spiro atoms. The highest BCUT2D eigenvalue weighted by Crippen LogP contribution is 2.28. The number of hydrazone groups is 1. The third-order valence-electron chi connectivity index (χ3n) is 4.75. The molecule has 0 saturated carbocycles. The van der Waals surface area contributed by atoms with E-state index in [0.717, 1.165) is 0 Å². The van der Waals surface area contributed by atoms with E-state index in [0.29, 0.717) is 39.7 Å². The van der Waals surface area contributed by atoms with Crippen LogP contribution in [0.1, 0.15) is 31.8 Å². The number of methoxy groups -OCH3 is 3. The Morgan fingerprint density at radius 2 is 1.62 bits per heavy atom. The molecule has 0 aliphatic carbocycles. The number of benzene rings is 3. The maximum Gasteiger partial charge on any atom is 0.335 e. The molecule has 3 aromatic carbocycles. The Kier molecular flexibility index (Phi) is 8.07. The number of hydrogen-bond donors (Lipinski definition) is 2. The molecule has 0 fully saturated rings. The van der Waals surface area contributed by atoms with Gasteiger partial charge in [0.2, 0.25) is 0 Å². The van der Waals surface area contributed by atoms with E-state index in [4.69, 9.17) is 24.1 Å². The summed E-state index contributed by atoms with van der Waals surface area (Å²) >= 11 is 0. The van der Waals surface area contributed by atoms with E-state index in [-0.39, 0.29) is 12.2 Å². The van der Waals surface area contributed by atoms with Crippen molar-refractivity contribution in [3.8, 4) is 23.0 Å². The number of carbonyl (C=O) groups excluding carboxylic acids is 1. The number of amides is 1. The quantitative estimate of drug-likeness (QED) is 0.347. The summed E-state index contributed by atoms with van der Waals surface area (Å²) in [7, 11) is 4.51.